The second kappa shape index (κ2) is 10.9. The van der Waals surface area contributed by atoms with Crippen molar-refractivity contribution in [3.63, 3.8) is 0 Å². The summed E-state index contributed by atoms with van der Waals surface area (Å²) in [6, 6.07) is 4.56. The van der Waals surface area contributed by atoms with Gasteiger partial charge in [-0.25, -0.2) is 9.59 Å². The number of amides is 4. The molecule has 11 nitrogen and oxygen atoms in total. The van der Waals surface area contributed by atoms with Crippen LogP contribution in [0.1, 0.15) is 66.4 Å². The van der Waals surface area contributed by atoms with Crippen molar-refractivity contribution in [3.05, 3.63) is 47.5 Å². The molecule has 1 aromatic carbocycles. The minimum Gasteiger partial charge on any atom is -0.479 e. The molecular weight excluding hydrogens is 562 g/mol. The second-order valence-electron chi connectivity index (χ2n) is 13.6. The van der Waals surface area contributed by atoms with E-state index in [1.165, 1.54) is 11.0 Å². The maximum Gasteiger partial charge on any atom is 0.330 e. The Kier molecular flexibility index (Phi) is 8.14. The van der Waals surface area contributed by atoms with Gasteiger partial charge in [-0.3, -0.25) is 9.59 Å². The fourth-order valence-electron chi connectivity index (χ4n) is 5.59. The number of carbonyl (C=O) groups excluding carboxylic acids is 3. The first-order valence-electron chi connectivity index (χ1n) is 14.0. The van der Waals surface area contributed by atoms with Gasteiger partial charge in [-0.05, 0) is 44.7 Å². The number of carboxylic acids is 1. The molecule has 42 heavy (non-hydrogen) atoms. The summed E-state index contributed by atoms with van der Waals surface area (Å²) >= 11 is 6.18. The Bertz CT molecular complexity index is 1330. The first-order chi connectivity index (χ1) is 19.4. The Balaban J connectivity index is 1.64. The minimum atomic E-state index is -1.48. The van der Waals surface area contributed by atoms with Crippen molar-refractivity contribution in [3.8, 4) is 0 Å². The number of halogens is 1. The summed E-state index contributed by atoms with van der Waals surface area (Å²) < 4.78 is 0. The normalized spacial score (nSPS) is 27.5. The summed E-state index contributed by atoms with van der Waals surface area (Å²) in [5, 5.41) is 23.0. The maximum absolute atomic E-state index is 14.2. The number of benzene rings is 1. The average molecular weight is 602 g/mol. The Morgan fingerprint density at radius 2 is 1.88 bits per heavy atom. The minimum absolute atomic E-state index is 0.0115. The Morgan fingerprint density at radius 1 is 1.19 bits per heavy atom. The zero-order valence-corrected chi connectivity index (χ0v) is 25.7. The lowest BCUT2D eigenvalue weighted by molar-refractivity contribution is -0.146. The molecule has 1 saturated heterocycles. The number of rotatable bonds is 7. The van der Waals surface area contributed by atoms with Gasteiger partial charge in [0.25, 0.3) is 0 Å². The summed E-state index contributed by atoms with van der Waals surface area (Å²) in [4.78, 5) is 60.4. The third-order valence-electron chi connectivity index (χ3n) is 7.89. The van der Waals surface area contributed by atoms with Gasteiger partial charge in [0.2, 0.25) is 11.8 Å². The highest BCUT2D eigenvalue weighted by molar-refractivity contribution is 6.31. The summed E-state index contributed by atoms with van der Waals surface area (Å²) in [5.74, 6) is -2.69. The highest BCUT2D eigenvalue weighted by atomic mass is 35.5. The molecule has 228 valence electrons. The van der Waals surface area contributed by atoms with Crippen molar-refractivity contribution in [2.75, 3.05) is 6.54 Å². The number of aliphatic carboxylic acids is 1. The third-order valence-corrected chi connectivity index (χ3v) is 8.12. The highest BCUT2D eigenvalue weighted by Gasteiger charge is 2.62. The third kappa shape index (κ3) is 6.40. The van der Waals surface area contributed by atoms with Crippen LogP contribution in [0.3, 0.4) is 0 Å². The van der Waals surface area contributed by atoms with Crippen LogP contribution in [0.5, 0.6) is 0 Å². The topological polar surface area (TPSA) is 149 Å². The zero-order chi connectivity index (χ0) is 31.3. The predicted octanol–water partition coefficient (Wildman–Crippen LogP) is 3.46. The monoisotopic (exact) mass is 601 g/mol. The molecule has 1 spiro atoms. The molecular formula is C30H40ClN5O6. The molecule has 2 heterocycles. The van der Waals surface area contributed by atoms with Gasteiger partial charge in [0.05, 0.1) is 12.3 Å². The van der Waals surface area contributed by atoms with Crippen molar-refractivity contribution >= 4 is 41.1 Å². The number of nitrogens with one attached hydrogen (secondary N) is 3. The smallest absolute Gasteiger partial charge is 0.330 e. The van der Waals surface area contributed by atoms with Crippen LogP contribution >= 0.6 is 11.6 Å². The number of carboxylic acid groups (broad SMARTS) is 1. The zero-order valence-electron chi connectivity index (χ0n) is 24.9. The molecule has 12 heteroatoms. The molecule has 0 aromatic heterocycles. The molecule has 2 fully saturated rings. The van der Waals surface area contributed by atoms with E-state index in [4.69, 9.17) is 16.4 Å². The Hall–Kier alpha value is -3.60. The first kappa shape index (κ1) is 31.3. The molecule has 3 aliphatic rings. The van der Waals surface area contributed by atoms with Crippen LogP contribution in [0.15, 0.2) is 42.1 Å². The van der Waals surface area contributed by atoms with Crippen LogP contribution < -0.4 is 16.0 Å². The number of hydrogen-bond donors (Lipinski definition) is 4. The molecule has 0 unspecified atom stereocenters. The van der Waals surface area contributed by atoms with Gasteiger partial charge in [-0.15, -0.1) is 6.58 Å². The first-order valence-corrected chi connectivity index (χ1v) is 14.4. The molecule has 1 aromatic rings. The summed E-state index contributed by atoms with van der Waals surface area (Å²) in [7, 11) is 0. The standard InChI is InChI=1S/C30H40ClN5O6/c1-8-18-13-30(18,25(39)40)33-23(37)21-15-29(14-20(35-42-29)17-10-9-11-19(31)12-17)16-36(21)24(38)22(27(2,3)4)32-26(41)34-28(5,6)7/h8-12,18,21-22H,1,13-16H2,2-7H3,(H,33,37)(H,39,40)(H2,32,34,41)/t18-,21+,22-,29-,30-/m1/s1. The van der Waals surface area contributed by atoms with E-state index in [0.29, 0.717) is 17.2 Å². The molecule has 5 atom stereocenters. The van der Waals surface area contributed by atoms with Crippen molar-refractivity contribution in [2.24, 2.45) is 16.5 Å². The lowest BCUT2D eigenvalue weighted by Crippen LogP contribution is -2.61. The van der Waals surface area contributed by atoms with Gasteiger partial charge in [-0.1, -0.05) is 55.7 Å². The SMILES string of the molecule is C=C[C@@H]1C[C@]1(NC(=O)[C@@H]1C[C@]2(CC(c3cccc(Cl)c3)=NO2)CN1C(=O)[C@@H](NC(=O)NC(C)(C)C)C(C)(C)C)C(=O)O. The number of carbonyl (C=O) groups is 4. The van der Waals surface area contributed by atoms with E-state index in [2.05, 4.69) is 27.7 Å². The summed E-state index contributed by atoms with van der Waals surface area (Å²) in [6.07, 6.45) is 2.10. The second-order valence-corrected chi connectivity index (χ2v) is 14.1. The molecule has 4 N–H and O–H groups in total. The molecule has 1 aliphatic carbocycles. The number of likely N-dealkylation sites (tertiary alicyclic amines) is 1. The van der Waals surface area contributed by atoms with E-state index in [-0.39, 0.29) is 19.4 Å². The van der Waals surface area contributed by atoms with Crippen LogP contribution in [-0.2, 0) is 19.2 Å². The van der Waals surface area contributed by atoms with Crippen molar-refractivity contribution in [2.45, 2.75) is 89.6 Å². The lowest BCUT2D eigenvalue weighted by atomic mass is 9.85. The van der Waals surface area contributed by atoms with Crippen molar-refractivity contribution in [1.82, 2.24) is 20.9 Å². The summed E-state index contributed by atoms with van der Waals surface area (Å²) in [6.45, 7) is 14.6. The van der Waals surface area contributed by atoms with Crippen LogP contribution in [0.4, 0.5) is 4.79 Å². The van der Waals surface area contributed by atoms with E-state index in [1.807, 2.05) is 47.6 Å². The van der Waals surface area contributed by atoms with Gasteiger partial charge >= 0.3 is 12.0 Å². The predicted molar refractivity (Wildman–Crippen MR) is 158 cm³/mol. The quantitative estimate of drug-likeness (QED) is 0.352. The van der Waals surface area contributed by atoms with Gasteiger partial charge in [0.1, 0.15) is 17.6 Å². The number of hydrogen-bond acceptors (Lipinski definition) is 6. The van der Waals surface area contributed by atoms with Gasteiger partial charge in [0.15, 0.2) is 5.60 Å². The Labute approximate surface area is 251 Å². The largest absolute Gasteiger partial charge is 0.479 e. The molecule has 2 aliphatic heterocycles. The van der Waals surface area contributed by atoms with E-state index in [0.717, 1.165) is 5.56 Å². The van der Waals surface area contributed by atoms with Gasteiger partial charge < -0.3 is 30.8 Å². The van der Waals surface area contributed by atoms with Crippen molar-refractivity contribution in [1.29, 1.82) is 0 Å². The fraction of sp³-hybridized carbons (Fsp3) is 0.567. The van der Waals surface area contributed by atoms with E-state index in [1.54, 1.807) is 18.2 Å². The van der Waals surface area contributed by atoms with Crippen LogP contribution in [-0.4, -0.2) is 74.8 Å². The van der Waals surface area contributed by atoms with Crippen LogP contribution in [0, 0.1) is 11.3 Å². The van der Waals surface area contributed by atoms with E-state index in [9.17, 15) is 24.3 Å². The molecule has 4 amide bonds. The highest BCUT2D eigenvalue weighted by Crippen LogP contribution is 2.46. The number of urea groups is 1. The summed E-state index contributed by atoms with van der Waals surface area (Å²) in [5.41, 5.74) is -2.39. The lowest BCUT2D eigenvalue weighted by Gasteiger charge is -2.36. The van der Waals surface area contributed by atoms with Crippen LogP contribution in [0.2, 0.25) is 5.02 Å². The average Bonchev–Trinajstić information content (AvgIpc) is 3.23. The molecule has 4 rings (SSSR count). The van der Waals surface area contributed by atoms with Gasteiger partial charge in [-0.2, -0.15) is 0 Å². The fourth-order valence-corrected chi connectivity index (χ4v) is 5.78. The Morgan fingerprint density at radius 3 is 2.43 bits per heavy atom. The number of oxime groups is 1. The maximum atomic E-state index is 14.2. The molecule has 1 saturated carbocycles. The van der Waals surface area contributed by atoms with Gasteiger partial charge in [0, 0.05) is 34.9 Å². The molecule has 0 radical (unpaired) electrons. The van der Waals surface area contributed by atoms with Crippen LogP contribution in [0.25, 0.3) is 0 Å². The molecule has 0 bridgehead atoms. The van der Waals surface area contributed by atoms with E-state index >= 15 is 0 Å². The van der Waals surface area contributed by atoms with Crippen molar-refractivity contribution < 1.29 is 29.1 Å². The van der Waals surface area contributed by atoms with E-state index < -0.39 is 63.9 Å². The number of nitrogens with zero attached hydrogens (tertiary/aromatic N) is 2.